The molecule has 0 radical (unpaired) electrons. The van der Waals surface area contributed by atoms with Crippen molar-refractivity contribution in [2.45, 2.75) is 0 Å². The van der Waals surface area contributed by atoms with Crippen molar-refractivity contribution in [1.29, 1.82) is 0 Å². The first kappa shape index (κ1) is 28.5. The average molecular weight is 628 g/mol. The Bertz CT molecular complexity index is 2580. The summed E-state index contributed by atoms with van der Waals surface area (Å²) in [6.07, 6.45) is 3.60. The van der Waals surface area contributed by atoms with E-state index in [1.165, 1.54) is 16.5 Å². The van der Waals surface area contributed by atoms with Gasteiger partial charge in [0.2, 0.25) is 0 Å². The maximum absolute atomic E-state index is 5.23. The van der Waals surface area contributed by atoms with Crippen molar-refractivity contribution >= 4 is 21.7 Å². The van der Waals surface area contributed by atoms with Crippen molar-refractivity contribution in [2.75, 3.05) is 0 Å². The maximum Gasteiger partial charge on any atom is 0.160 e. The second-order valence-corrected chi connectivity index (χ2v) is 12.0. The molecule has 0 aliphatic carbocycles. The fraction of sp³-hybridized carbons (Fsp3) is 0. The Morgan fingerprint density at radius 2 is 1.04 bits per heavy atom. The number of hydrogen-bond acceptors (Lipinski definition) is 4. The van der Waals surface area contributed by atoms with Crippen LogP contribution in [0.2, 0.25) is 0 Å². The highest BCUT2D eigenvalue weighted by molar-refractivity contribution is 6.13. The van der Waals surface area contributed by atoms with Gasteiger partial charge < -0.3 is 0 Å². The van der Waals surface area contributed by atoms with Crippen LogP contribution in [0.25, 0.3) is 83.6 Å². The van der Waals surface area contributed by atoms with E-state index in [-0.39, 0.29) is 0 Å². The van der Waals surface area contributed by atoms with Gasteiger partial charge in [0.1, 0.15) is 5.69 Å². The molecule has 9 aromatic rings. The molecule has 3 heterocycles. The summed E-state index contributed by atoms with van der Waals surface area (Å²) < 4.78 is 2.01. The van der Waals surface area contributed by atoms with Crippen LogP contribution in [0.15, 0.2) is 176 Å². The van der Waals surface area contributed by atoms with E-state index in [9.17, 15) is 0 Å². The predicted molar refractivity (Wildman–Crippen MR) is 199 cm³/mol. The third-order valence-electron chi connectivity index (χ3n) is 8.96. The predicted octanol–water partition coefficient (Wildman–Crippen LogP) is 10.7. The minimum atomic E-state index is 0.684. The highest BCUT2D eigenvalue weighted by Gasteiger charge is 2.18. The van der Waals surface area contributed by atoms with E-state index in [0.29, 0.717) is 5.82 Å². The third-order valence-corrected chi connectivity index (χ3v) is 8.96. The zero-order valence-electron chi connectivity index (χ0n) is 26.5. The molecule has 6 aromatic carbocycles. The highest BCUT2D eigenvalue weighted by atomic mass is 15.3. The molecule has 3 aromatic heterocycles. The zero-order chi connectivity index (χ0) is 32.6. The molecule has 0 fully saturated rings. The number of benzene rings is 6. The quantitative estimate of drug-likeness (QED) is 0.184. The number of nitrogens with zero attached hydrogens (tertiary/aromatic N) is 5. The van der Waals surface area contributed by atoms with E-state index in [1.54, 1.807) is 12.4 Å². The molecule has 0 saturated heterocycles. The summed E-state index contributed by atoms with van der Waals surface area (Å²) in [5.41, 5.74) is 11.0. The first-order valence-electron chi connectivity index (χ1n) is 16.3. The molecule has 0 spiro atoms. The molecule has 0 aliphatic heterocycles. The van der Waals surface area contributed by atoms with Gasteiger partial charge in [-0.25, -0.2) is 14.6 Å². The lowest BCUT2D eigenvalue weighted by Gasteiger charge is -2.11. The smallest absolute Gasteiger partial charge is 0.160 e. The van der Waals surface area contributed by atoms with Crippen molar-refractivity contribution < 1.29 is 0 Å². The van der Waals surface area contributed by atoms with E-state index in [0.717, 1.165) is 61.3 Å². The van der Waals surface area contributed by atoms with Gasteiger partial charge in [-0.15, -0.1) is 0 Å². The summed E-state index contributed by atoms with van der Waals surface area (Å²) in [7, 11) is 0. The summed E-state index contributed by atoms with van der Waals surface area (Å²) in [5, 5.41) is 8.68. The highest BCUT2D eigenvalue weighted by Crippen LogP contribution is 2.37. The first-order valence-corrected chi connectivity index (χ1v) is 16.3. The molecular formula is C44H29N5. The lowest BCUT2D eigenvalue weighted by Crippen LogP contribution is -1.97. The number of fused-ring (bicyclic) bond motifs is 3. The molecule has 0 amide bonds. The van der Waals surface area contributed by atoms with Gasteiger partial charge in [0.05, 0.1) is 22.6 Å². The topological polar surface area (TPSA) is 56.5 Å². The number of pyridine rings is 1. The van der Waals surface area contributed by atoms with Crippen LogP contribution in [0.3, 0.4) is 0 Å². The van der Waals surface area contributed by atoms with E-state index in [2.05, 4.69) is 132 Å². The monoisotopic (exact) mass is 627 g/mol. The molecule has 9 rings (SSSR count). The summed E-state index contributed by atoms with van der Waals surface area (Å²) >= 11 is 0. The molecule has 5 nitrogen and oxygen atoms in total. The molecule has 5 heteroatoms. The molecule has 230 valence electrons. The molecule has 0 atom stereocenters. The van der Waals surface area contributed by atoms with Crippen molar-refractivity contribution in [3.05, 3.63) is 176 Å². The van der Waals surface area contributed by atoms with Crippen LogP contribution in [-0.4, -0.2) is 24.7 Å². The Morgan fingerprint density at radius 3 is 1.82 bits per heavy atom. The van der Waals surface area contributed by atoms with Crippen molar-refractivity contribution in [1.82, 2.24) is 24.7 Å². The van der Waals surface area contributed by atoms with Gasteiger partial charge in [-0.2, -0.15) is 5.10 Å². The summed E-state index contributed by atoms with van der Waals surface area (Å²) in [6, 6.07) is 56.6. The third kappa shape index (κ3) is 5.33. The lowest BCUT2D eigenvalue weighted by molar-refractivity contribution is 0.911. The van der Waals surface area contributed by atoms with Crippen LogP contribution < -0.4 is 0 Å². The van der Waals surface area contributed by atoms with Gasteiger partial charge in [-0.05, 0) is 52.2 Å². The van der Waals surface area contributed by atoms with Crippen molar-refractivity contribution in [3.8, 4) is 62.0 Å². The SMILES string of the molecule is c1ccc(-c2ccc(-c3cc(-c4cccc(-c5nn(-c6ccncc6)c6ccc7ccccc7c56)c4)nc(-c4ccccc4)n3)cc2)cc1. The maximum atomic E-state index is 5.23. The van der Waals surface area contributed by atoms with E-state index in [1.807, 2.05) is 41.1 Å². The Kier molecular flexibility index (Phi) is 7.06. The molecule has 0 bridgehead atoms. The molecule has 0 saturated carbocycles. The molecule has 0 unspecified atom stereocenters. The van der Waals surface area contributed by atoms with E-state index < -0.39 is 0 Å². The van der Waals surface area contributed by atoms with Gasteiger partial charge in [-0.3, -0.25) is 4.98 Å². The fourth-order valence-corrected chi connectivity index (χ4v) is 6.52. The Balaban J connectivity index is 1.20. The van der Waals surface area contributed by atoms with Crippen LogP contribution in [0, 0.1) is 0 Å². The normalized spacial score (nSPS) is 11.3. The number of hydrogen-bond donors (Lipinski definition) is 0. The Hall–Kier alpha value is -6.72. The van der Waals surface area contributed by atoms with E-state index >= 15 is 0 Å². The van der Waals surface area contributed by atoms with Gasteiger partial charge >= 0.3 is 0 Å². The molecular weight excluding hydrogens is 599 g/mol. The molecule has 0 N–H and O–H groups in total. The Morgan fingerprint density at radius 1 is 0.429 bits per heavy atom. The van der Waals surface area contributed by atoms with Crippen molar-refractivity contribution in [3.63, 3.8) is 0 Å². The van der Waals surface area contributed by atoms with Gasteiger partial charge in [0.25, 0.3) is 0 Å². The van der Waals surface area contributed by atoms with Crippen LogP contribution in [0.4, 0.5) is 0 Å². The minimum absolute atomic E-state index is 0.684. The van der Waals surface area contributed by atoms with Crippen LogP contribution >= 0.6 is 0 Å². The lowest BCUT2D eigenvalue weighted by atomic mass is 9.98. The standard InChI is InChI=1S/C44H29N5/c1-3-10-30(11-4-1)31-18-20-33(21-19-31)39-29-40(47-44(46-39)34-13-5-2-6-14-34)35-15-9-16-36(28-35)43-42-38-17-8-7-12-32(38)22-23-41(42)49(48-43)37-24-26-45-27-25-37/h1-29H. The first-order chi connectivity index (χ1) is 24.3. The van der Waals surface area contributed by atoms with Crippen LogP contribution in [-0.2, 0) is 0 Å². The van der Waals surface area contributed by atoms with E-state index in [4.69, 9.17) is 15.1 Å². The average Bonchev–Trinajstić information content (AvgIpc) is 3.59. The number of rotatable bonds is 6. The van der Waals surface area contributed by atoms with Gasteiger partial charge in [-0.1, -0.05) is 133 Å². The number of aromatic nitrogens is 5. The summed E-state index contributed by atoms with van der Waals surface area (Å²) in [4.78, 5) is 14.4. The molecule has 49 heavy (non-hydrogen) atoms. The summed E-state index contributed by atoms with van der Waals surface area (Å²) in [6.45, 7) is 0. The van der Waals surface area contributed by atoms with Gasteiger partial charge in [0.15, 0.2) is 5.82 Å². The largest absolute Gasteiger partial charge is 0.265 e. The molecule has 0 aliphatic rings. The summed E-state index contributed by atoms with van der Waals surface area (Å²) in [5.74, 6) is 0.684. The zero-order valence-corrected chi connectivity index (χ0v) is 26.5. The minimum Gasteiger partial charge on any atom is -0.265 e. The van der Waals surface area contributed by atoms with Crippen molar-refractivity contribution in [2.24, 2.45) is 0 Å². The van der Waals surface area contributed by atoms with Gasteiger partial charge in [0, 0.05) is 40.0 Å². The van der Waals surface area contributed by atoms with Crippen LogP contribution in [0.5, 0.6) is 0 Å². The second-order valence-electron chi connectivity index (χ2n) is 12.0. The second kappa shape index (κ2) is 12.1. The fourth-order valence-electron chi connectivity index (χ4n) is 6.52. The van der Waals surface area contributed by atoms with Crippen LogP contribution in [0.1, 0.15) is 0 Å². The Labute approximate surface area is 283 Å².